The summed E-state index contributed by atoms with van der Waals surface area (Å²) >= 11 is 0. The monoisotopic (exact) mass is 211 g/mol. The fourth-order valence-electron chi connectivity index (χ4n) is 1.15. The minimum atomic E-state index is -0.0211. The van der Waals surface area contributed by atoms with E-state index in [1.165, 1.54) is 0 Å². The summed E-state index contributed by atoms with van der Waals surface area (Å²) in [7, 11) is 1.56. The van der Waals surface area contributed by atoms with E-state index in [4.69, 9.17) is 20.3 Å². The molecule has 1 rings (SSSR count). The van der Waals surface area contributed by atoms with Gasteiger partial charge in [-0.15, -0.1) is 0 Å². The Morgan fingerprint density at radius 3 is 2.67 bits per heavy atom. The molecule has 0 heterocycles. The summed E-state index contributed by atoms with van der Waals surface area (Å²) in [5.74, 6) is 1.26. The highest BCUT2D eigenvalue weighted by Crippen LogP contribution is 2.28. The summed E-state index contributed by atoms with van der Waals surface area (Å²) in [6, 6.07) is 5.29. The van der Waals surface area contributed by atoms with E-state index in [2.05, 4.69) is 0 Å². The van der Waals surface area contributed by atoms with E-state index >= 15 is 0 Å². The van der Waals surface area contributed by atoms with Gasteiger partial charge in [0.25, 0.3) is 0 Å². The molecule has 4 heteroatoms. The van der Waals surface area contributed by atoms with Crippen LogP contribution in [0.5, 0.6) is 11.5 Å². The molecular formula is C11H17NO3. The van der Waals surface area contributed by atoms with Crippen LogP contribution in [0, 0.1) is 0 Å². The van der Waals surface area contributed by atoms with Gasteiger partial charge in [0.1, 0.15) is 6.61 Å². The average molecular weight is 211 g/mol. The molecule has 1 unspecified atom stereocenters. The maximum atomic E-state index is 8.95. The molecule has 4 nitrogen and oxygen atoms in total. The predicted molar refractivity (Wildman–Crippen MR) is 58.1 cm³/mol. The zero-order chi connectivity index (χ0) is 11.3. The van der Waals surface area contributed by atoms with Crippen LogP contribution >= 0.6 is 0 Å². The van der Waals surface area contributed by atoms with Crippen LogP contribution < -0.4 is 15.2 Å². The molecule has 3 N–H and O–H groups in total. The highest BCUT2D eigenvalue weighted by atomic mass is 16.5. The number of hydrogen-bond acceptors (Lipinski definition) is 4. The van der Waals surface area contributed by atoms with Gasteiger partial charge in [0.2, 0.25) is 0 Å². The highest BCUT2D eigenvalue weighted by Gasteiger charge is 2.06. The fourth-order valence-corrected chi connectivity index (χ4v) is 1.15. The van der Waals surface area contributed by atoms with Crippen molar-refractivity contribution in [2.45, 2.75) is 19.6 Å². The van der Waals surface area contributed by atoms with Crippen LogP contribution in [0.2, 0.25) is 0 Å². The molecule has 1 atom stereocenters. The summed E-state index contributed by atoms with van der Waals surface area (Å²) in [5, 5.41) is 8.95. The number of methoxy groups -OCH3 is 1. The Morgan fingerprint density at radius 1 is 1.40 bits per heavy atom. The van der Waals surface area contributed by atoms with Gasteiger partial charge in [-0.25, -0.2) is 0 Å². The number of aliphatic hydroxyl groups excluding tert-OH is 1. The van der Waals surface area contributed by atoms with Gasteiger partial charge in [0, 0.05) is 6.04 Å². The minimum absolute atomic E-state index is 0.00999. The van der Waals surface area contributed by atoms with Gasteiger partial charge in [0.05, 0.1) is 13.7 Å². The topological polar surface area (TPSA) is 64.7 Å². The van der Waals surface area contributed by atoms with Gasteiger partial charge in [-0.3, -0.25) is 0 Å². The van der Waals surface area contributed by atoms with Crippen LogP contribution in [0.25, 0.3) is 0 Å². The quantitative estimate of drug-likeness (QED) is 0.760. The van der Waals surface area contributed by atoms with Crippen molar-refractivity contribution in [1.29, 1.82) is 0 Å². The van der Waals surface area contributed by atoms with Gasteiger partial charge in [-0.2, -0.15) is 0 Å². The number of aliphatic hydroxyl groups is 1. The summed E-state index contributed by atoms with van der Waals surface area (Å²) in [6.45, 7) is 2.30. The molecule has 0 aliphatic heterocycles. The Hall–Kier alpha value is -1.26. The summed E-state index contributed by atoms with van der Waals surface area (Å²) in [6.07, 6.45) is 0. The van der Waals surface area contributed by atoms with Gasteiger partial charge in [-0.05, 0) is 24.6 Å². The molecule has 0 bridgehead atoms. The number of ether oxygens (including phenoxy) is 2. The summed E-state index contributed by atoms with van der Waals surface area (Å²) in [4.78, 5) is 0. The number of benzene rings is 1. The third kappa shape index (κ3) is 3.42. The van der Waals surface area contributed by atoms with Crippen molar-refractivity contribution in [2.24, 2.45) is 5.73 Å². The third-order valence-corrected chi connectivity index (χ3v) is 1.91. The Balaban J connectivity index is 2.78. The van der Waals surface area contributed by atoms with Gasteiger partial charge in [0.15, 0.2) is 11.5 Å². The van der Waals surface area contributed by atoms with Crippen LogP contribution in [-0.4, -0.2) is 24.9 Å². The minimum Gasteiger partial charge on any atom is -0.493 e. The average Bonchev–Trinajstić information content (AvgIpc) is 2.25. The third-order valence-electron chi connectivity index (χ3n) is 1.91. The van der Waals surface area contributed by atoms with E-state index in [1.807, 2.05) is 6.92 Å². The molecule has 15 heavy (non-hydrogen) atoms. The fraction of sp³-hybridized carbons (Fsp3) is 0.455. The van der Waals surface area contributed by atoms with Crippen LogP contribution in [-0.2, 0) is 6.61 Å². The largest absolute Gasteiger partial charge is 0.493 e. The molecule has 0 fully saturated rings. The predicted octanol–water partition coefficient (Wildman–Crippen LogP) is 0.913. The van der Waals surface area contributed by atoms with E-state index in [0.29, 0.717) is 18.1 Å². The van der Waals surface area contributed by atoms with E-state index in [0.717, 1.165) is 5.56 Å². The van der Waals surface area contributed by atoms with Crippen molar-refractivity contribution >= 4 is 0 Å². The zero-order valence-corrected chi connectivity index (χ0v) is 9.06. The van der Waals surface area contributed by atoms with Crippen LogP contribution in [0.1, 0.15) is 12.5 Å². The first-order valence-electron chi connectivity index (χ1n) is 4.83. The summed E-state index contributed by atoms with van der Waals surface area (Å²) < 4.78 is 10.6. The summed E-state index contributed by atoms with van der Waals surface area (Å²) in [5.41, 5.74) is 6.37. The lowest BCUT2D eigenvalue weighted by Crippen LogP contribution is -2.23. The van der Waals surface area contributed by atoms with Crippen molar-refractivity contribution in [3.05, 3.63) is 23.8 Å². The molecule has 0 aromatic heterocycles. The normalized spacial score (nSPS) is 12.3. The van der Waals surface area contributed by atoms with Crippen LogP contribution in [0.3, 0.4) is 0 Å². The van der Waals surface area contributed by atoms with Crippen molar-refractivity contribution < 1.29 is 14.6 Å². The van der Waals surface area contributed by atoms with E-state index < -0.39 is 0 Å². The second-order valence-corrected chi connectivity index (χ2v) is 3.43. The Kier molecular flexibility index (Phi) is 4.39. The van der Waals surface area contributed by atoms with Gasteiger partial charge < -0.3 is 20.3 Å². The molecule has 1 aromatic carbocycles. The molecule has 1 aromatic rings. The SMILES string of the molecule is COc1cc(CO)ccc1OCC(C)N. The first-order chi connectivity index (χ1) is 7.17. The van der Waals surface area contributed by atoms with E-state index in [1.54, 1.807) is 25.3 Å². The van der Waals surface area contributed by atoms with Crippen molar-refractivity contribution in [3.8, 4) is 11.5 Å². The lowest BCUT2D eigenvalue weighted by molar-refractivity contribution is 0.271. The molecule has 0 spiro atoms. The molecule has 0 saturated carbocycles. The standard InChI is InChI=1S/C11H17NO3/c1-8(12)7-15-10-4-3-9(6-13)5-11(10)14-2/h3-5,8,13H,6-7,12H2,1-2H3. The van der Waals surface area contributed by atoms with Crippen LogP contribution in [0.4, 0.5) is 0 Å². The van der Waals surface area contributed by atoms with Crippen molar-refractivity contribution in [2.75, 3.05) is 13.7 Å². The molecular weight excluding hydrogens is 194 g/mol. The first-order valence-corrected chi connectivity index (χ1v) is 4.83. The smallest absolute Gasteiger partial charge is 0.161 e. The lowest BCUT2D eigenvalue weighted by Gasteiger charge is -2.12. The van der Waals surface area contributed by atoms with Gasteiger partial charge >= 0.3 is 0 Å². The molecule has 84 valence electrons. The Labute approximate surface area is 89.6 Å². The van der Waals surface area contributed by atoms with Crippen LogP contribution in [0.15, 0.2) is 18.2 Å². The number of rotatable bonds is 5. The molecule has 0 saturated heterocycles. The van der Waals surface area contributed by atoms with Crippen molar-refractivity contribution in [1.82, 2.24) is 0 Å². The maximum absolute atomic E-state index is 8.95. The molecule has 0 aliphatic rings. The highest BCUT2D eigenvalue weighted by molar-refractivity contribution is 5.42. The van der Waals surface area contributed by atoms with Gasteiger partial charge in [-0.1, -0.05) is 6.07 Å². The molecule has 0 radical (unpaired) electrons. The second kappa shape index (κ2) is 5.58. The molecule has 0 aliphatic carbocycles. The number of nitrogens with two attached hydrogens (primary N) is 1. The second-order valence-electron chi connectivity index (χ2n) is 3.43. The number of hydrogen-bond donors (Lipinski definition) is 2. The first kappa shape index (κ1) is 11.8. The maximum Gasteiger partial charge on any atom is 0.161 e. The molecule has 0 amide bonds. The zero-order valence-electron chi connectivity index (χ0n) is 9.06. The van der Waals surface area contributed by atoms with E-state index in [-0.39, 0.29) is 12.6 Å². The lowest BCUT2D eigenvalue weighted by atomic mass is 10.2. The Bertz CT molecular complexity index is 313. The Morgan fingerprint density at radius 2 is 2.13 bits per heavy atom. The van der Waals surface area contributed by atoms with E-state index in [9.17, 15) is 0 Å². The van der Waals surface area contributed by atoms with Crippen molar-refractivity contribution in [3.63, 3.8) is 0 Å².